The summed E-state index contributed by atoms with van der Waals surface area (Å²) in [5.74, 6) is 0.287. The van der Waals surface area contributed by atoms with Crippen LogP contribution in [0.4, 0.5) is 5.69 Å². The molecule has 3 rings (SSSR count). The zero-order chi connectivity index (χ0) is 20.8. The number of benzene rings is 2. The maximum atomic E-state index is 12.3. The summed E-state index contributed by atoms with van der Waals surface area (Å²) in [6.45, 7) is 4.15. The summed E-state index contributed by atoms with van der Waals surface area (Å²) in [4.78, 5) is 22.7. The van der Waals surface area contributed by atoms with Crippen molar-refractivity contribution in [1.82, 2.24) is 15.6 Å². The Balaban J connectivity index is 1.69. The van der Waals surface area contributed by atoms with Crippen LogP contribution in [-0.2, 0) is 0 Å². The van der Waals surface area contributed by atoms with Crippen molar-refractivity contribution >= 4 is 17.3 Å². The molecule has 1 amide bonds. The van der Waals surface area contributed by atoms with Crippen LogP contribution in [0.3, 0.4) is 0 Å². The van der Waals surface area contributed by atoms with E-state index in [1.807, 2.05) is 31.2 Å². The molecule has 0 aliphatic carbocycles. The zero-order valence-electron chi connectivity index (χ0n) is 15.9. The largest absolute Gasteiger partial charge is 0.494 e. The van der Waals surface area contributed by atoms with Crippen molar-refractivity contribution in [2.45, 2.75) is 13.8 Å². The number of amides is 1. The van der Waals surface area contributed by atoms with Gasteiger partial charge in [0, 0.05) is 23.3 Å². The topological polar surface area (TPSA) is 123 Å². The van der Waals surface area contributed by atoms with Crippen LogP contribution in [0.25, 0.3) is 11.3 Å². The lowest BCUT2D eigenvalue weighted by Crippen LogP contribution is -2.19. The molecule has 1 heterocycles. The quantitative estimate of drug-likeness (QED) is 0.361. The normalized spacial score (nSPS) is 11.2. The lowest BCUT2D eigenvalue weighted by atomic mass is 10.1. The van der Waals surface area contributed by atoms with Gasteiger partial charge in [-0.1, -0.05) is 12.1 Å². The number of non-ortho nitro benzene ring substituents is 1. The minimum absolute atomic E-state index is 0.0445. The van der Waals surface area contributed by atoms with Gasteiger partial charge < -0.3 is 4.74 Å². The molecular formula is C20H19N5O4. The average molecular weight is 393 g/mol. The Labute approximate surface area is 166 Å². The first-order chi connectivity index (χ1) is 14.0. The lowest BCUT2D eigenvalue weighted by molar-refractivity contribution is -0.384. The van der Waals surface area contributed by atoms with Crippen LogP contribution >= 0.6 is 0 Å². The summed E-state index contributed by atoms with van der Waals surface area (Å²) in [7, 11) is 0. The van der Waals surface area contributed by atoms with Gasteiger partial charge in [0.25, 0.3) is 11.6 Å². The van der Waals surface area contributed by atoms with Crippen LogP contribution < -0.4 is 10.2 Å². The monoisotopic (exact) mass is 393 g/mol. The van der Waals surface area contributed by atoms with E-state index in [4.69, 9.17) is 4.74 Å². The first kappa shape index (κ1) is 19.7. The highest BCUT2D eigenvalue weighted by Gasteiger charge is 2.12. The predicted molar refractivity (Wildman–Crippen MR) is 108 cm³/mol. The third kappa shape index (κ3) is 4.83. The molecule has 9 nitrogen and oxygen atoms in total. The Morgan fingerprint density at radius 1 is 1.24 bits per heavy atom. The molecule has 148 valence electrons. The van der Waals surface area contributed by atoms with Gasteiger partial charge in [0.1, 0.15) is 11.4 Å². The molecule has 9 heteroatoms. The fourth-order valence-corrected chi connectivity index (χ4v) is 2.58. The molecule has 2 N–H and O–H groups in total. The molecule has 0 aliphatic rings. The Morgan fingerprint density at radius 3 is 2.69 bits per heavy atom. The van der Waals surface area contributed by atoms with E-state index in [1.165, 1.54) is 12.1 Å². The van der Waals surface area contributed by atoms with E-state index >= 15 is 0 Å². The Hall–Kier alpha value is -4.01. The maximum absolute atomic E-state index is 12.3. The standard InChI is InChI=1S/C20H19N5O4/c1-3-29-17-9-7-14(8-10-17)18-12-19(23-22-18)20(26)24-21-13(2)15-5-4-6-16(11-15)25(27)28/h4-12H,3H2,1-2H3,(H,22,23)(H,24,26)/b21-13-. The van der Waals surface area contributed by atoms with Crippen LogP contribution in [0.5, 0.6) is 5.75 Å². The van der Waals surface area contributed by atoms with Crippen molar-refractivity contribution in [3.8, 4) is 17.0 Å². The fourth-order valence-electron chi connectivity index (χ4n) is 2.58. The molecule has 0 spiro atoms. The first-order valence-electron chi connectivity index (χ1n) is 8.86. The Bertz CT molecular complexity index is 1060. The molecule has 0 saturated carbocycles. The van der Waals surface area contributed by atoms with Crippen molar-refractivity contribution in [2.24, 2.45) is 5.10 Å². The molecule has 0 bridgehead atoms. The number of hydrogen-bond donors (Lipinski definition) is 2. The smallest absolute Gasteiger partial charge is 0.289 e. The predicted octanol–water partition coefficient (Wildman–Crippen LogP) is 3.54. The second-order valence-electron chi connectivity index (χ2n) is 6.07. The van der Waals surface area contributed by atoms with E-state index in [0.29, 0.717) is 23.6 Å². The van der Waals surface area contributed by atoms with Gasteiger partial charge in [-0.3, -0.25) is 20.0 Å². The van der Waals surface area contributed by atoms with Gasteiger partial charge in [0.2, 0.25) is 0 Å². The maximum Gasteiger partial charge on any atom is 0.289 e. The van der Waals surface area contributed by atoms with Crippen LogP contribution in [0.15, 0.2) is 59.7 Å². The summed E-state index contributed by atoms with van der Waals surface area (Å²) < 4.78 is 5.41. The van der Waals surface area contributed by atoms with Crippen molar-refractivity contribution < 1.29 is 14.5 Å². The number of nitro groups is 1. The molecule has 0 atom stereocenters. The van der Waals surface area contributed by atoms with Crippen LogP contribution in [0.2, 0.25) is 0 Å². The Kier molecular flexibility index (Phi) is 5.98. The molecule has 3 aromatic rings. The van der Waals surface area contributed by atoms with Crippen molar-refractivity contribution in [2.75, 3.05) is 6.61 Å². The molecule has 0 aliphatic heterocycles. The van der Waals surface area contributed by atoms with E-state index in [2.05, 4.69) is 20.7 Å². The Morgan fingerprint density at radius 2 is 2.00 bits per heavy atom. The van der Waals surface area contributed by atoms with Gasteiger partial charge in [0.05, 0.1) is 22.9 Å². The summed E-state index contributed by atoms with van der Waals surface area (Å²) in [5, 5.41) is 21.7. The summed E-state index contributed by atoms with van der Waals surface area (Å²) in [6.07, 6.45) is 0. The summed E-state index contributed by atoms with van der Waals surface area (Å²) in [5.41, 5.74) is 5.04. The van der Waals surface area contributed by atoms with E-state index in [1.54, 1.807) is 25.1 Å². The van der Waals surface area contributed by atoms with E-state index < -0.39 is 10.8 Å². The van der Waals surface area contributed by atoms with Crippen LogP contribution in [0.1, 0.15) is 29.9 Å². The highest BCUT2D eigenvalue weighted by Crippen LogP contribution is 2.21. The van der Waals surface area contributed by atoms with Crippen LogP contribution in [0, 0.1) is 10.1 Å². The van der Waals surface area contributed by atoms with E-state index in [0.717, 1.165) is 11.3 Å². The number of nitrogens with zero attached hydrogens (tertiary/aromatic N) is 3. The van der Waals surface area contributed by atoms with Gasteiger partial charge in [0.15, 0.2) is 0 Å². The molecular weight excluding hydrogens is 374 g/mol. The minimum Gasteiger partial charge on any atom is -0.494 e. The van der Waals surface area contributed by atoms with Crippen molar-refractivity contribution in [3.05, 3.63) is 76.0 Å². The second-order valence-corrected chi connectivity index (χ2v) is 6.07. The molecule has 0 radical (unpaired) electrons. The number of nitro benzene ring substituents is 1. The molecule has 0 fully saturated rings. The number of hydrazone groups is 1. The third-order valence-corrected chi connectivity index (χ3v) is 4.08. The third-order valence-electron chi connectivity index (χ3n) is 4.08. The molecule has 0 unspecified atom stereocenters. The number of H-pyrrole nitrogens is 1. The highest BCUT2D eigenvalue weighted by molar-refractivity contribution is 6.01. The molecule has 0 saturated heterocycles. The van der Waals surface area contributed by atoms with Crippen molar-refractivity contribution in [1.29, 1.82) is 0 Å². The number of ether oxygens (including phenoxy) is 1. The zero-order valence-corrected chi connectivity index (χ0v) is 15.9. The van der Waals surface area contributed by atoms with Gasteiger partial charge in [-0.05, 0) is 44.2 Å². The van der Waals surface area contributed by atoms with E-state index in [9.17, 15) is 14.9 Å². The number of aromatic amines is 1. The molecule has 1 aromatic heterocycles. The van der Waals surface area contributed by atoms with Crippen LogP contribution in [-0.4, -0.2) is 33.3 Å². The van der Waals surface area contributed by atoms with Gasteiger partial charge in [-0.15, -0.1) is 0 Å². The van der Waals surface area contributed by atoms with Gasteiger partial charge >= 0.3 is 0 Å². The fraction of sp³-hybridized carbons (Fsp3) is 0.150. The number of carbonyl (C=O) groups excluding carboxylic acids is 1. The number of carbonyl (C=O) groups is 1. The number of aromatic nitrogens is 2. The summed E-state index contributed by atoms with van der Waals surface area (Å²) >= 11 is 0. The average Bonchev–Trinajstić information content (AvgIpc) is 3.23. The number of rotatable bonds is 7. The van der Waals surface area contributed by atoms with Crippen molar-refractivity contribution in [3.63, 3.8) is 0 Å². The molecule has 29 heavy (non-hydrogen) atoms. The number of nitrogens with one attached hydrogen (secondary N) is 2. The number of hydrogen-bond acceptors (Lipinski definition) is 6. The van der Waals surface area contributed by atoms with E-state index in [-0.39, 0.29) is 11.4 Å². The molecule has 2 aromatic carbocycles. The van der Waals surface area contributed by atoms with Gasteiger partial charge in [-0.2, -0.15) is 10.2 Å². The first-order valence-corrected chi connectivity index (χ1v) is 8.86. The lowest BCUT2D eigenvalue weighted by Gasteiger charge is -2.03. The minimum atomic E-state index is -0.484. The highest BCUT2D eigenvalue weighted by atomic mass is 16.6. The van der Waals surface area contributed by atoms with Gasteiger partial charge in [-0.25, -0.2) is 5.43 Å². The summed E-state index contributed by atoms with van der Waals surface area (Å²) in [6, 6.07) is 15.0. The second kappa shape index (κ2) is 8.79. The SMILES string of the molecule is CCOc1ccc(-c2cc(C(=O)N/N=C(/C)c3cccc([N+](=O)[O-])c3)[nH]n2)cc1.